The number of carbonyl (C=O) groups is 1. The van der Waals surface area contributed by atoms with Crippen molar-refractivity contribution in [2.75, 3.05) is 6.54 Å². The minimum Gasteiger partial charge on any atom is -0.444 e. The van der Waals surface area contributed by atoms with Crippen LogP contribution in [0.3, 0.4) is 0 Å². The van der Waals surface area contributed by atoms with Crippen molar-refractivity contribution in [3.8, 4) is 11.3 Å². The number of hydrogen-bond acceptors (Lipinski definition) is 4. The Morgan fingerprint density at radius 3 is 2.69 bits per heavy atom. The third kappa shape index (κ3) is 3.03. The Bertz CT molecular complexity index is 957. The van der Waals surface area contributed by atoms with Gasteiger partial charge < -0.3 is 9.64 Å². The fourth-order valence-corrected chi connectivity index (χ4v) is 3.36. The zero-order chi connectivity index (χ0) is 18.3. The number of H-pyrrole nitrogens is 1. The van der Waals surface area contributed by atoms with E-state index in [-0.39, 0.29) is 6.09 Å². The average molecular weight is 350 g/mol. The second-order valence-electron chi connectivity index (χ2n) is 7.57. The van der Waals surface area contributed by atoms with E-state index in [1.54, 1.807) is 4.90 Å². The van der Waals surface area contributed by atoms with Gasteiger partial charge in [0.15, 0.2) is 5.65 Å². The Morgan fingerprint density at radius 1 is 1.19 bits per heavy atom. The number of hydrogen-bond donors (Lipinski definition) is 1. The van der Waals surface area contributed by atoms with Gasteiger partial charge in [0, 0.05) is 23.1 Å². The third-order valence-electron chi connectivity index (χ3n) is 4.50. The number of rotatable bonds is 1. The van der Waals surface area contributed by atoms with Crippen LogP contribution in [0.2, 0.25) is 0 Å². The fourth-order valence-electron chi connectivity index (χ4n) is 3.36. The first-order valence-electron chi connectivity index (χ1n) is 8.80. The predicted octanol–water partition coefficient (Wildman–Crippen LogP) is 3.92. The molecule has 1 N–H and O–H groups in total. The summed E-state index contributed by atoms with van der Waals surface area (Å²) < 4.78 is 5.56. The molecule has 1 aromatic carbocycles. The fraction of sp³-hybridized carbons (Fsp3) is 0.350. The van der Waals surface area contributed by atoms with Crippen LogP contribution < -0.4 is 0 Å². The van der Waals surface area contributed by atoms with E-state index in [4.69, 9.17) is 9.72 Å². The number of amides is 1. The molecule has 0 bridgehead atoms. The van der Waals surface area contributed by atoms with Crippen LogP contribution in [0.1, 0.15) is 31.9 Å². The van der Waals surface area contributed by atoms with Gasteiger partial charge in [-0.15, -0.1) is 0 Å². The number of fused-ring (bicyclic) bond motifs is 3. The van der Waals surface area contributed by atoms with E-state index in [0.29, 0.717) is 13.1 Å². The summed E-state index contributed by atoms with van der Waals surface area (Å²) in [5.74, 6) is 0. The molecular formula is C20H22N4O2. The number of aromatic nitrogens is 3. The third-order valence-corrected chi connectivity index (χ3v) is 4.50. The van der Waals surface area contributed by atoms with Gasteiger partial charge in [0.25, 0.3) is 0 Å². The highest BCUT2D eigenvalue weighted by molar-refractivity contribution is 5.85. The molecule has 26 heavy (non-hydrogen) atoms. The highest BCUT2D eigenvalue weighted by atomic mass is 16.6. The molecule has 0 atom stereocenters. The molecular weight excluding hydrogens is 328 g/mol. The van der Waals surface area contributed by atoms with Gasteiger partial charge in [-0.05, 0) is 32.8 Å². The van der Waals surface area contributed by atoms with Gasteiger partial charge in [0.2, 0.25) is 0 Å². The molecule has 0 spiro atoms. The molecule has 0 saturated heterocycles. The first kappa shape index (κ1) is 16.6. The SMILES string of the molecule is CC(C)(C)OC(=O)N1CCc2c(c(-c3ccccc3)nc3[nH]ncc23)C1. The lowest BCUT2D eigenvalue weighted by Crippen LogP contribution is -2.40. The van der Waals surface area contributed by atoms with Crippen molar-refractivity contribution in [3.63, 3.8) is 0 Å². The molecule has 134 valence electrons. The minimum absolute atomic E-state index is 0.283. The average Bonchev–Trinajstić information content (AvgIpc) is 3.08. The molecule has 0 unspecified atom stereocenters. The highest BCUT2D eigenvalue weighted by Gasteiger charge is 2.29. The molecule has 6 nitrogen and oxygen atoms in total. The number of aromatic amines is 1. The molecule has 6 heteroatoms. The van der Waals surface area contributed by atoms with Crippen LogP contribution in [0, 0.1) is 0 Å². The maximum absolute atomic E-state index is 12.5. The summed E-state index contributed by atoms with van der Waals surface area (Å²) >= 11 is 0. The molecule has 0 radical (unpaired) electrons. The molecule has 0 aliphatic carbocycles. The number of benzene rings is 1. The Labute approximate surface area is 152 Å². The van der Waals surface area contributed by atoms with E-state index in [9.17, 15) is 4.79 Å². The van der Waals surface area contributed by atoms with Gasteiger partial charge in [-0.3, -0.25) is 5.10 Å². The number of nitrogens with zero attached hydrogens (tertiary/aromatic N) is 3. The van der Waals surface area contributed by atoms with E-state index >= 15 is 0 Å². The number of nitrogens with one attached hydrogen (secondary N) is 1. The topological polar surface area (TPSA) is 71.1 Å². The van der Waals surface area contributed by atoms with Crippen molar-refractivity contribution in [1.82, 2.24) is 20.1 Å². The first-order valence-corrected chi connectivity index (χ1v) is 8.80. The first-order chi connectivity index (χ1) is 12.4. The van der Waals surface area contributed by atoms with E-state index in [0.717, 1.165) is 34.3 Å². The summed E-state index contributed by atoms with van der Waals surface area (Å²) in [7, 11) is 0. The molecule has 4 rings (SSSR count). The zero-order valence-electron chi connectivity index (χ0n) is 15.2. The highest BCUT2D eigenvalue weighted by Crippen LogP contribution is 2.33. The van der Waals surface area contributed by atoms with Crippen molar-refractivity contribution in [2.45, 2.75) is 39.3 Å². The van der Waals surface area contributed by atoms with Crippen LogP contribution in [0.15, 0.2) is 36.5 Å². The molecule has 0 fully saturated rings. The number of ether oxygens (including phenoxy) is 1. The van der Waals surface area contributed by atoms with Gasteiger partial charge in [-0.1, -0.05) is 30.3 Å². The molecule has 3 heterocycles. The molecule has 2 aromatic heterocycles. The van der Waals surface area contributed by atoms with E-state index in [2.05, 4.69) is 10.2 Å². The summed E-state index contributed by atoms with van der Waals surface area (Å²) in [6.45, 7) is 6.77. The summed E-state index contributed by atoms with van der Waals surface area (Å²) in [5, 5.41) is 8.16. The Balaban J connectivity index is 1.78. The molecule has 1 amide bonds. The van der Waals surface area contributed by atoms with Crippen LogP contribution in [0.5, 0.6) is 0 Å². The summed E-state index contributed by atoms with van der Waals surface area (Å²) in [5.41, 5.74) is 4.49. The monoisotopic (exact) mass is 350 g/mol. The largest absolute Gasteiger partial charge is 0.444 e. The van der Waals surface area contributed by atoms with Gasteiger partial charge in [-0.25, -0.2) is 9.78 Å². The molecule has 3 aromatic rings. The van der Waals surface area contributed by atoms with Gasteiger partial charge in [0.1, 0.15) is 5.60 Å². The van der Waals surface area contributed by atoms with E-state index in [1.165, 1.54) is 5.56 Å². The van der Waals surface area contributed by atoms with Gasteiger partial charge in [-0.2, -0.15) is 5.10 Å². The van der Waals surface area contributed by atoms with Crippen molar-refractivity contribution in [3.05, 3.63) is 47.7 Å². The zero-order valence-corrected chi connectivity index (χ0v) is 15.2. The normalized spacial score (nSPS) is 14.3. The van der Waals surface area contributed by atoms with Crippen molar-refractivity contribution >= 4 is 17.1 Å². The molecule has 0 saturated carbocycles. The van der Waals surface area contributed by atoms with Crippen molar-refractivity contribution in [1.29, 1.82) is 0 Å². The second kappa shape index (κ2) is 6.12. The van der Waals surface area contributed by atoms with Crippen molar-refractivity contribution < 1.29 is 9.53 Å². The maximum Gasteiger partial charge on any atom is 0.410 e. The number of pyridine rings is 1. The summed E-state index contributed by atoms with van der Waals surface area (Å²) in [6.07, 6.45) is 2.29. The van der Waals surface area contributed by atoms with E-state index < -0.39 is 5.60 Å². The molecule has 1 aliphatic rings. The maximum atomic E-state index is 12.5. The predicted molar refractivity (Wildman–Crippen MR) is 99.7 cm³/mol. The van der Waals surface area contributed by atoms with Crippen LogP contribution in [-0.4, -0.2) is 38.3 Å². The van der Waals surface area contributed by atoms with Gasteiger partial charge >= 0.3 is 6.09 Å². The smallest absolute Gasteiger partial charge is 0.410 e. The lowest BCUT2D eigenvalue weighted by molar-refractivity contribution is 0.0224. The van der Waals surface area contributed by atoms with Crippen LogP contribution >= 0.6 is 0 Å². The quantitative estimate of drug-likeness (QED) is 0.722. The molecule has 1 aliphatic heterocycles. The standard InChI is InChI=1S/C20H22N4O2/c1-20(2,3)26-19(25)24-10-9-14-15-11-21-23-18(15)22-17(16(14)12-24)13-7-5-4-6-8-13/h4-8,11H,9-10,12H2,1-3H3,(H,21,22,23). The van der Waals surface area contributed by atoms with Crippen molar-refractivity contribution in [2.24, 2.45) is 0 Å². The lowest BCUT2D eigenvalue weighted by Gasteiger charge is -2.32. The Hall–Kier alpha value is -2.89. The summed E-state index contributed by atoms with van der Waals surface area (Å²) in [6, 6.07) is 10.1. The second-order valence-corrected chi connectivity index (χ2v) is 7.57. The van der Waals surface area contributed by atoms with Crippen LogP contribution in [0.4, 0.5) is 4.79 Å². The summed E-state index contributed by atoms with van der Waals surface area (Å²) in [4.78, 5) is 19.1. The minimum atomic E-state index is -0.508. The van der Waals surface area contributed by atoms with Crippen LogP contribution in [-0.2, 0) is 17.7 Å². The number of carbonyl (C=O) groups excluding carboxylic acids is 1. The lowest BCUT2D eigenvalue weighted by atomic mass is 9.93. The van der Waals surface area contributed by atoms with E-state index in [1.807, 2.05) is 57.3 Å². The van der Waals surface area contributed by atoms with Gasteiger partial charge in [0.05, 0.1) is 18.4 Å². The Kier molecular flexibility index (Phi) is 3.90. The Morgan fingerprint density at radius 2 is 1.96 bits per heavy atom. The van der Waals surface area contributed by atoms with Crippen LogP contribution in [0.25, 0.3) is 22.3 Å².